The maximum absolute atomic E-state index is 13.2. The molecule has 0 saturated carbocycles. The molecule has 1 heterocycles. The number of carbonyl (C=O) groups is 2. The second kappa shape index (κ2) is 10.8. The summed E-state index contributed by atoms with van der Waals surface area (Å²) in [7, 11) is 1.31. The van der Waals surface area contributed by atoms with Crippen LogP contribution in [0.25, 0.3) is 0 Å². The Morgan fingerprint density at radius 1 is 1.06 bits per heavy atom. The molecular weight excluding hydrogens is 547 g/mol. The van der Waals surface area contributed by atoms with Crippen molar-refractivity contribution in [1.82, 2.24) is 9.80 Å². The van der Waals surface area contributed by atoms with Gasteiger partial charge in [-0.1, -0.05) is 12.1 Å². The van der Waals surface area contributed by atoms with E-state index in [9.17, 15) is 14.0 Å². The van der Waals surface area contributed by atoms with E-state index in [-0.39, 0.29) is 30.4 Å². The zero-order valence-corrected chi connectivity index (χ0v) is 21.3. The third-order valence-corrected chi connectivity index (χ3v) is 6.67. The average Bonchev–Trinajstić information content (AvgIpc) is 2.76. The van der Waals surface area contributed by atoms with Gasteiger partial charge in [-0.2, -0.15) is 0 Å². The van der Waals surface area contributed by atoms with Crippen molar-refractivity contribution in [3.8, 4) is 5.75 Å². The van der Waals surface area contributed by atoms with Crippen molar-refractivity contribution in [2.45, 2.75) is 32.5 Å². The Labute approximate surface area is 203 Å². The second-order valence-electron chi connectivity index (χ2n) is 7.85. The third kappa shape index (κ3) is 5.88. The lowest BCUT2D eigenvalue weighted by molar-refractivity contribution is -0.139. The molecule has 0 N–H and O–H groups in total. The quantitative estimate of drug-likeness (QED) is 0.473. The smallest absolute Gasteiger partial charge is 0.337 e. The van der Waals surface area contributed by atoms with Crippen LogP contribution in [0.3, 0.4) is 0 Å². The summed E-state index contributed by atoms with van der Waals surface area (Å²) in [6, 6.07) is 9.86. The van der Waals surface area contributed by atoms with Crippen LogP contribution >= 0.6 is 31.9 Å². The van der Waals surface area contributed by atoms with Crippen molar-refractivity contribution in [1.29, 1.82) is 0 Å². The number of benzene rings is 2. The number of halogens is 3. The van der Waals surface area contributed by atoms with Crippen LogP contribution in [0.5, 0.6) is 5.75 Å². The summed E-state index contributed by atoms with van der Waals surface area (Å²) < 4.78 is 24.8. The Hall–Kier alpha value is -1.97. The Kier molecular flexibility index (Phi) is 8.30. The van der Waals surface area contributed by atoms with E-state index in [0.29, 0.717) is 39.9 Å². The molecule has 2 unspecified atom stereocenters. The molecule has 0 bridgehead atoms. The van der Waals surface area contributed by atoms with Crippen LogP contribution in [0.4, 0.5) is 4.39 Å². The SMILES string of the molecule is COC(=O)c1cc(Br)c(OCC(=O)N2CC(C)N(Cc3ccc(F)cc3)CC2C)c(Br)c1. The van der Waals surface area contributed by atoms with Crippen LogP contribution in [0.2, 0.25) is 0 Å². The fraction of sp³-hybridized carbons (Fsp3) is 0.391. The topological polar surface area (TPSA) is 59.1 Å². The standard InChI is InChI=1S/C23H25Br2FN2O4/c1-14-11-28(15(2)10-27(14)12-16-4-6-18(26)7-5-16)21(29)13-32-22-19(24)8-17(9-20(22)25)23(30)31-3/h4-9,14-15H,10-13H2,1-3H3. The molecule has 2 aromatic rings. The number of hydrogen-bond donors (Lipinski definition) is 0. The molecule has 0 aliphatic carbocycles. The summed E-state index contributed by atoms with van der Waals surface area (Å²) in [5.74, 6) is -0.373. The Morgan fingerprint density at radius 3 is 2.28 bits per heavy atom. The Bertz CT molecular complexity index is 963. The first kappa shape index (κ1) is 24.7. The van der Waals surface area contributed by atoms with Gasteiger partial charge < -0.3 is 14.4 Å². The zero-order valence-electron chi connectivity index (χ0n) is 18.1. The summed E-state index contributed by atoms with van der Waals surface area (Å²) in [5, 5.41) is 0. The fourth-order valence-electron chi connectivity index (χ4n) is 3.74. The van der Waals surface area contributed by atoms with E-state index in [2.05, 4.69) is 43.7 Å². The molecule has 2 atom stereocenters. The molecular formula is C23H25Br2FN2O4. The van der Waals surface area contributed by atoms with E-state index in [1.54, 1.807) is 24.3 Å². The van der Waals surface area contributed by atoms with E-state index >= 15 is 0 Å². The Balaban J connectivity index is 1.60. The maximum atomic E-state index is 13.2. The van der Waals surface area contributed by atoms with Crippen LogP contribution in [-0.4, -0.2) is 60.6 Å². The summed E-state index contributed by atoms with van der Waals surface area (Å²) in [5.41, 5.74) is 1.41. The van der Waals surface area contributed by atoms with Crippen LogP contribution in [0.1, 0.15) is 29.8 Å². The van der Waals surface area contributed by atoms with Gasteiger partial charge in [-0.25, -0.2) is 9.18 Å². The first-order valence-corrected chi connectivity index (χ1v) is 11.8. The van der Waals surface area contributed by atoms with Crippen LogP contribution < -0.4 is 4.74 Å². The van der Waals surface area contributed by atoms with Gasteiger partial charge in [-0.15, -0.1) is 0 Å². The van der Waals surface area contributed by atoms with E-state index in [1.807, 2.05) is 11.8 Å². The lowest BCUT2D eigenvalue weighted by Crippen LogP contribution is -2.58. The summed E-state index contributed by atoms with van der Waals surface area (Å²) in [4.78, 5) is 28.8. The van der Waals surface area contributed by atoms with Crippen LogP contribution in [0, 0.1) is 5.82 Å². The van der Waals surface area contributed by atoms with Gasteiger partial charge in [-0.05, 0) is 75.5 Å². The number of hydrogen-bond acceptors (Lipinski definition) is 5. The van der Waals surface area contributed by atoms with E-state index < -0.39 is 5.97 Å². The van der Waals surface area contributed by atoms with Gasteiger partial charge in [0.2, 0.25) is 0 Å². The highest BCUT2D eigenvalue weighted by Gasteiger charge is 2.32. The van der Waals surface area contributed by atoms with Crippen molar-refractivity contribution in [3.63, 3.8) is 0 Å². The van der Waals surface area contributed by atoms with Crippen molar-refractivity contribution < 1.29 is 23.5 Å². The number of esters is 1. The highest BCUT2D eigenvalue weighted by atomic mass is 79.9. The molecule has 0 spiro atoms. The zero-order chi connectivity index (χ0) is 23.4. The van der Waals surface area contributed by atoms with Crippen molar-refractivity contribution in [2.24, 2.45) is 0 Å². The molecule has 0 radical (unpaired) electrons. The minimum Gasteiger partial charge on any atom is -0.481 e. The predicted molar refractivity (Wildman–Crippen MR) is 126 cm³/mol. The molecule has 1 amide bonds. The summed E-state index contributed by atoms with van der Waals surface area (Å²) >= 11 is 6.78. The molecule has 1 aliphatic heterocycles. The number of amides is 1. The van der Waals surface area contributed by atoms with Gasteiger partial charge in [-0.3, -0.25) is 9.69 Å². The molecule has 2 aromatic carbocycles. The molecule has 0 aromatic heterocycles. The van der Waals surface area contributed by atoms with Crippen molar-refractivity contribution >= 4 is 43.7 Å². The minimum absolute atomic E-state index is 0.0105. The third-order valence-electron chi connectivity index (χ3n) is 5.49. The molecule has 3 rings (SSSR count). The van der Waals surface area contributed by atoms with Gasteiger partial charge in [0, 0.05) is 31.7 Å². The average molecular weight is 572 g/mol. The summed E-state index contributed by atoms with van der Waals surface area (Å²) in [6.45, 7) is 5.97. The molecule has 1 aliphatic rings. The Morgan fingerprint density at radius 2 is 1.69 bits per heavy atom. The normalized spacial score (nSPS) is 19.0. The number of carbonyl (C=O) groups excluding carboxylic acids is 2. The molecule has 1 fully saturated rings. The predicted octanol–water partition coefficient (Wildman–Crippen LogP) is 4.64. The van der Waals surface area contributed by atoms with Crippen LogP contribution in [-0.2, 0) is 16.1 Å². The van der Waals surface area contributed by atoms with Gasteiger partial charge in [0.15, 0.2) is 6.61 Å². The highest BCUT2D eigenvalue weighted by molar-refractivity contribution is 9.11. The van der Waals surface area contributed by atoms with Gasteiger partial charge in [0.05, 0.1) is 21.6 Å². The lowest BCUT2D eigenvalue weighted by atomic mass is 10.1. The van der Waals surface area contributed by atoms with Gasteiger partial charge in [0.1, 0.15) is 11.6 Å². The molecule has 6 nitrogen and oxygen atoms in total. The summed E-state index contributed by atoms with van der Waals surface area (Å²) in [6.07, 6.45) is 0. The first-order chi connectivity index (χ1) is 15.2. The lowest BCUT2D eigenvalue weighted by Gasteiger charge is -2.44. The number of ether oxygens (including phenoxy) is 2. The second-order valence-corrected chi connectivity index (χ2v) is 9.56. The largest absolute Gasteiger partial charge is 0.481 e. The highest BCUT2D eigenvalue weighted by Crippen LogP contribution is 2.35. The van der Waals surface area contributed by atoms with Crippen molar-refractivity contribution in [2.75, 3.05) is 26.8 Å². The molecule has 9 heteroatoms. The monoisotopic (exact) mass is 570 g/mol. The first-order valence-electron chi connectivity index (χ1n) is 10.2. The number of nitrogens with zero attached hydrogens (tertiary/aromatic N) is 2. The van der Waals surface area contributed by atoms with E-state index in [1.165, 1.54) is 19.2 Å². The van der Waals surface area contributed by atoms with Gasteiger partial charge >= 0.3 is 5.97 Å². The number of rotatable bonds is 6. The minimum atomic E-state index is -0.463. The van der Waals surface area contributed by atoms with E-state index in [0.717, 1.165) is 5.56 Å². The molecule has 32 heavy (non-hydrogen) atoms. The van der Waals surface area contributed by atoms with Crippen molar-refractivity contribution in [3.05, 3.63) is 62.3 Å². The fourth-order valence-corrected chi connectivity index (χ4v) is 5.16. The molecule has 1 saturated heterocycles. The molecule has 172 valence electrons. The number of piperazine rings is 1. The van der Waals surface area contributed by atoms with Gasteiger partial charge in [0.25, 0.3) is 5.91 Å². The van der Waals surface area contributed by atoms with Crippen LogP contribution in [0.15, 0.2) is 45.3 Å². The maximum Gasteiger partial charge on any atom is 0.337 e. The number of methoxy groups -OCH3 is 1. The van der Waals surface area contributed by atoms with E-state index in [4.69, 9.17) is 9.47 Å².